The number of hydrogen-bond donors (Lipinski definition) is 1. The summed E-state index contributed by atoms with van der Waals surface area (Å²) in [5, 5.41) is 8.07. The summed E-state index contributed by atoms with van der Waals surface area (Å²) in [5.41, 5.74) is 1.59. The number of nitrogens with one attached hydrogen (secondary N) is 1. The minimum absolute atomic E-state index is 0.122. The number of nitrogens with zero attached hydrogens (tertiary/aromatic N) is 4. The van der Waals surface area contributed by atoms with E-state index in [1.165, 1.54) is 0 Å². The highest BCUT2D eigenvalue weighted by Crippen LogP contribution is 2.23. The maximum atomic E-state index is 12.3. The van der Waals surface area contributed by atoms with Gasteiger partial charge in [-0.15, -0.1) is 11.3 Å². The molecule has 7 nitrogen and oxygen atoms in total. The molecule has 126 valence electrons. The van der Waals surface area contributed by atoms with Gasteiger partial charge in [-0.2, -0.15) is 5.10 Å². The van der Waals surface area contributed by atoms with Crippen LogP contribution in [0.3, 0.4) is 0 Å². The van der Waals surface area contributed by atoms with E-state index in [-0.39, 0.29) is 11.6 Å². The Morgan fingerprint density at radius 1 is 1.33 bits per heavy atom. The number of rotatable bonds is 4. The summed E-state index contributed by atoms with van der Waals surface area (Å²) >= 11 is 1.64. The molecule has 0 spiro atoms. The van der Waals surface area contributed by atoms with Crippen LogP contribution >= 0.6 is 11.3 Å². The molecule has 0 radical (unpaired) electrons. The summed E-state index contributed by atoms with van der Waals surface area (Å²) in [6.07, 6.45) is 4.85. The average molecular weight is 345 g/mol. The second-order valence-corrected chi connectivity index (χ2v) is 7.10. The van der Waals surface area contributed by atoms with Crippen LogP contribution in [0.5, 0.6) is 0 Å². The van der Waals surface area contributed by atoms with Crippen LogP contribution in [-0.2, 0) is 17.6 Å². The van der Waals surface area contributed by atoms with E-state index in [1.54, 1.807) is 17.5 Å². The lowest BCUT2D eigenvalue weighted by atomic mass is 10.1. The van der Waals surface area contributed by atoms with Crippen LogP contribution in [0.2, 0.25) is 0 Å². The molecule has 1 aliphatic heterocycles. The number of thiazole rings is 1. The highest BCUT2D eigenvalue weighted by atomic mass is 32.1. The van der Waals surface area contributed by atoms with Crippen molar-refractivity contribution in [3.8, 4) is 0 Å². The van der Waals surface area contributed by atoms with Gasteiger partial charge in [0.2, 0.25) is 0 Å². The summed E-state index contributed by atoms with van der Waals surface area (Å²) < 4.78 is 7.30. The first-order valence-corrected chi connectivity index (χ1v) is 9.04. The van der Waals surface area contributed by atoms with Crippen molar-refractivity contribution in [1.82, 2.24) is 24.7 Å². The quantitative estimate of drug-likeness (QED) is 0.782. The molecule has 0 amide bonds. The molecule has 8 heteroatoms. The molecule has 24 heavy (non-hydrogen) atoms. The maximum Gasteiger partial charge on any atom is 0.262 e. The second-order valence-electron chi connectivity index (χ2n) is 6.04. The molecule has 0 unspecified atom stereocenters. The molecule has 0 bridgehead atoms. The standard InChI is InChI=1S/C16H19N5O2S/c1-10-18-11(9-24-10)2-3-14-19-15-13(16(22)20-14)8-17-21(15)12-4-6-23-7-5-12/h8-9,12H,2-7H2,1H3,(H,19,20,22). The van der Waals surface area contributed by atoms with Crippen LogP contribution in [0.25, 0.3) is 11.0 Å². The molecule has 4 rings (SSSR count). The largest absolute Gasteiger partial charge is 0.381 e. The van der Waals surface area contributed by atoms with Gasteiger partial charge >= 0.3 is 0 Å². The SMILES string of the molecule is Cc1nc(CCc2nc3c(cnn3C3CCOCC3)c(=O)[nH]2)cs1. The van der Waals surface area contributed by atoms with Crippen LogP contribution in [0.4, 0.5) is 0 Å². The number of aromatic nitrogens is 5. The Labute approximate surface area is 142 Å². The van der Waals surface area contributed by atoms with E-state index in [0.717, 1.165) is 43.2 Å². The Bertz CT molecular complexity index is 907. The lowest BCUT2D eigenvalue weighted by Crippen LogP contribution is -2.21. The fourth-order valence-electron chi connectivity index (χ4n) is 3.07. The minimum Gasteiger partial charge on any atom is -0.381 e. The van der Waals surface area contributed by atoms with E-state index in [2.05, 4.69) is 25.4 Å². The summed E-state index contributed by atoms with van der Waals surface area (Å²) in [5.74, 6) is 0.687. The molecule has 1 N–H and O–H groups in total. The fraction of sp³-hybridized carbons (Fsp3) is 0.500. The van der Waals surface area contributed by atoms with Crippen molar-refractivity contribution in [2.75, 3.05) is 13.2 Å². The van der Waals surface area contributed by atoms with Crippen LogP contribution in [0.15, 0.2) is 16.4 Å². The van der Waals surface area contributed by atoms with Gasteiger partial charge in [-0.3, -0.25) is 4.79 Å². The number of ether oxygens (including phenoxy) is 1. The number of aromatic amines is 1. The molecule has 3 aromatic heterocycles. The molecule has 4 heterocycles. The number of H-pyrrole nitrogens is 1. The van der Waals surface area contributed by atoms with Crippen molar-refractivity contribution in [3.05, 3.63) is 38.5 Å². The molecule has 1 fully saturated rings. The predicted octanol–water partition coefficient (Wildman–Crippen LogP) is 2.02. The van der Waals surface area contributed by atoms with Crippen molar-refractivity contribution in [1.29, 1.82) is 0 Å². The lowest BCUT2D eigenvalue weighted by Gasteiger charge is -2.22. The van der Waals surface area contributed by atoms with Gasteiger partial charge in [0.05, 0.1) is 22.9 Å². The van der Waals surface area contributed by atoms with E-state index >= 15 is 0 Å². The van der Waals surface area contributed by atoms with Gasteiger partial charge in [0, 0.05) is 25.0 Å². The van der Waals surface area contributed by atoms with Crippen LogP contribution in [-0.4, -0.2) is 37.9 Å². The monoisotopic (exact) mass is 345 g/mol. The summed E-state index contributed by atoms with van der Waals surface area (Å²) in [4.78, 5) is 24.3. The van der Waals surface area contributed by atoms with Crippen LogP contribution < -0.4 is 5.56 Å². The van der Waals surface area contributed by atoms with E-state index < -0.39 is 0 Å². The first kappa shape index (κ1) is 15.5. The lowest BCUT2D eigenvalue weighted by molar-refractivity contribution is 0.0673. The zero-order valence-electron chi connectivity index (χ0n) is 13.5. The van der Waals surface area contributed by atoms with Gasteiger partial charge in [-0.25, -0.2) is 14.6 Å². The summed E-state index contributed by atoms with van der Waals surface area (Å²) in [7, 11) is 0. The third-order valence-corrected chi connectivity index (χ3v) is 5.16. The molecule has 0 atom stereocenters. The predicted molar refractivity (Wildman–Crippen MR) is 91.5 cm³/mol. The Morgan fingerprint density at radius 2 is 2.17 bits per heavy atom. The Hall–Kier alpha value is -2.06. The first-order valence-electron chi connectivity index (χ1n) is 8.16. The summed E-state index contributed by atoms with van der Waals surface area (Å²) in [6.45, 7) is 3.45. The molecule has 1 aliphatic rings. The smallest absolute Gasteiger partial charge is 0.262 e. The highest BCUT2D eigenvalue weighted by molar-refractivity contribution is 7.09. The molecular formula is C16H19N5O2S. The summed E-state index contributed by atoms with van der Waals surface area (Å²) in [6, 6.07) is 0.250. The normalized spacial score (nSPS) is 16.0. The van der Waals surface area contributed by atoms with Crippen molar-refractivity contribution in [3.63, 3.8) is 0 Å². The number of hydrogen-bond acceptors (Lipinski definition) is 6. The Kier molecular flexibility index (Phi) is 4.15. The zero-order chi connectivity index (χ0) is 16.5. The minimum atomic E-state index is -0.122. The maximum absolute atomic E-state index is 12.3. The van der Waals surface area contributed by atoms with Crippen molar-refractivity contribution in [2.45, 2.75) is 38.6 Å². The van der Waals surface area contributed by atoms with E-state index in [0.29, 0.717) is 23.3 Å². The second kappa shape index (κ2) is 6.45. The van der Waals surface area contributed by atoms with Gasteiger partial charge in [-0.05, 0) is 26.2 Å². The van der Waals surface area contributed by atoms with Gasteiger partial charge in [0.1, 0.15) is 11.2 Å². The topological polar surface area (TPSA) is 85.7 Å². The van der Waals surface area contributed by atoms with Crippen molar-refractivity contribution < 1.29 is 4.74 Å². The first-order chi connectivity index (χ1) is 11.7. The van der Waals surface area contributed by atoms with Crippen molar-refractivity contribution >= 4 is 22.4 Å². The van der Waals surface area contributed by atoms with Gasteiger partial charge in [-0.1, -0.05) is 0 Å². The van der Waals surface area contributed by atoms with E-state index in [4.69, 9.17) is 4.74 Å². The fourth-order valence-corrected chi connectivity index (χ4v) is 3.71. The molecular weight excluding hydrogens is 326 g/mol. The highest BCUT2D eigenvalue weighted by Gasteiger charge is 2.20. The van der Waals surface area contributed by atoms with Crippen LogP contribution in [0.1, 0.15) is 35.4 Å². The molecule has 1 saturated heterocycles. The number of aryl methyl sites for hydroxylation is 3. The molecule has 3 aromatic rings. The number of fused-ring (bicyclic) bond motifs is 1. The van der Waals surface area contributed by atoms with Gasteiger partial charge < -0.3 is 9.72 Å². The van der Waals surface area contributed by atoms with Crippen LogP contribution in [0, 0.1) is 6.92 Å². The van der Waals surface area contributed by atoms with E-state index in [9.17, 15) is 4.79 Å². The van der Waals surface area contributed by atoms with Crippen molar-refractivity contribution in [2.24, 2.45) is 0 Å². The third-order valence-electron chi connectivity index (χ3n) is 4.33. The molecule has 0 aliphatic carbocycles. The zero-order valence-corrected chi connectivity index (χ0v) is 14.3. The molecule has 0 saturated carbocycles. The Balaban J connectivity index is 1.63. The average Bonchev–Trinajstić information content (AvgIpc) is 3.20. The molecule has 0 aromatic carbocycles. The van der Waals surface area contributed by atoms with Gasteiger partial charge in [0.25, 0.3) is 5.56 Å². The van der Waals surface area contributed by atoms with E-state index in [1.807, 2.05) is 11.6 Å². The van der Waals surface area contributed by atoms with Gasteiger partial charge in [0.15, 0.2) is 5.65 Å². The Morgan fingerprint density at radius 3 is 2.92 bits per heavy atom. The third kappa shape index (κ3) is 2.99.